The third-order valence-electron chi connectivity index (χ3n) is 2.12. The summed E-state index contributed by atoms with van der Waals surface area (Å²) in [4.78, 5) is 18.1. The number of aromatic nitrogens is 2. The third kappa shape index (κ3) is 2.36. The first-order chi connectivity index (χ1) is 6.73. The van der Waals surface area contributed by atoms with Crippen LogP contribution in [-0.4, -0.2) is 15.1 Å². The molecule has 0 spiro atoms. The minimum atomic E-state index is -0.772. The lowest BCUT2D eigenvalue weighted by Gasteiger charge is -2.18. The highest BCUT2D eigenvalue weighted by atomic mass is 16.3. The van der Waals surface area contributed by atoms with Crippen LogP contribution in [0.4, 0.5) is 0 Å². The van der Waals surface area contributed by atoms with E-state index in [0.29, 0.717) is 5.56 Å². The number of hydrogen-bond acceptors (Lipinski definition) is 4. The maximum Gasteiger partial charge on any atom is 0.258 e. The van der Waals surface area contributed by atoms with Crippen LogP contribution in [0.3, 0.4) is 0 Å². The normalized spacial score (nSPS) is 12.1. The van der Waals surface area contributed by atoms with Crippen molar-refractivity contribution in [1.82, 2.24) is 9.97 Å². The van der Waals surface area contributed by atoms with Gasteiger partial charge >= 0.3 is 0 Å². The highest BCUT2D eigenvalue weighted by Gasteiger charge is 2.21. The second-order valence-electron chi connectivity index (χ2n) is 4.53. The number of H-pyrrole nitrogens is 1. The molecule has 0 saturated carbocycles. The lowest BCUT2D eigenvalue weighted by atomic mass is 10.0. The van der Waals surface area contributed by atoms with Gasteiger partial charge in [-0.15, -0.1) is 0 Å². The van der Waals surface area contributed by atoms with Gasteiger partial charge in [-0.2, -0.15) is 4.98 Å². The molecule has 0 unspecified atom stereocenters. The zero-order chi connectivity index (χ0) is 11.8. The van der Waals surface area contributed by atoms with Crippen molar-refractivity contribution < 1.29 is 5.11 Å². The Morgan fingerprint density at radius 3 is 2.33 bits per heavy atom. The summed E-state index contributed by atoms with van der Waals surface area (Å²) in [6, 6.07) is 0. The molecule has 1 aromatic heterocycles. The van der Waals surface area contributed by atoms with Crippen LogP contribution in [-0.2, 0) is 5.54 Å². The van der Waals surface area contributed by atoms with Gasteiger partial charge in [0, 0.05) is 0 Å². The number of nitrogens with zero attached hydrogens (tertiary/aromatic N) is 1. The molecule has 0 aliphatic rings. The van der Waals surface area contributed by atoms with Crippen LogP contribution in [0, 0.1) is 0 Å². The number of nitrogens with one attached hydrogen (secondary N) is 1. The second kappa shape index (κ2) is 3.66. The van der Waals surface area contributed by atoms with Crippen molar-refractivity contribution in [3.8, 4) is 5.88 Å². The monoisotopic (exact) mass is 211 g/mol. The highest BCUT2D eigenvalue weighted by Crippen LogP contribution is 2.21. The van der Waals surface area contributed by atoms with Gasteiger partial charge in [0.15, 0.2) is 0 Å². The maximum absolute atomic E-state index is 11.6. The Labute approximate surface area is 88.4 Å². The van der Waals surface area contributed by atoms with Crippen LogP contribution >= 0.6 is 0 Å². The quantitative estimate of drug-likeness (QED) is 0.674. The lowest BCUT2D eigenvalue weighted by Crippen LogP contribution is -2.34. The van der Waals surface area contributed by atoms with Crippen LogP contribution in [0.1, 0.15) is 45.0 Å². The minimum Gasteiger partial charge on any atom is -0.493 e. The van der Waals surface area contributed by atoms with Gasteiger partial charge in [0.1, 0.15) is 5.82 Å². The van der Waals surface area contributed by atoms with Crippen LogP contribution in [0.5, 0.6) is 5.88 Å². The first kappa shape index (κ1) is 11.7. The first-order valence-electron chi connectivity index (χ1n) is 4.86. The fraction of sp³-hybridized carbons (Fsp3) is 0.600. The summed E-state index contributed by atoms with van der Waals surface area (Å²) in [5, 5.41) is 9.62. The van der Waals surface area contributed by atoms with Gasteiger partial charge in [0.05, 0.1) is 11.1 Å². The van der Waals surface area contributed by atoms with E-state index < -0.39 is 5.54 Å². The molecule has 0 aliphatic heterocycles. The second-order valence-corrected chi connectivity index (χ2v) is 4.53. The molecule has 0 aliphatic carbocycles. The van der Waals surface area contributed by atoms with E-state index in [9.17, 15) is 9.90 Å². The Morgan fingerprint density at radius 1 is 1.47 bits per heavy atom. The summed E-state index contributed by atoms with van der Waals surface area (Å²) in [5.41, 5.74) is 4.97. The molecule has 5 heteroatoms. The third-order valence-corrected chi connectivity index (χ3v) is 2.12. The fourth-order valence-corrected chi connectivity index (χ4v) is 1.30. The van der Waals surface area contributed by atoms with Crippen molar-refractivity contribution in [3.05, 3.63) is 21.7 Å². The number of hydrogen-bond donors (Lipinski definition) is 3. The minimum absolute atomic E-state index is 0.0730. The van der Waals surface area contributed by atoms with Crippen LogP contribution in [0.25, 0.3) is 0 Å². The molecule has 0 fully saturated rings. The molecule has 0 bridgehead atoms. The van der Waals surface area contributed by atoms with E-state index in [0.717, 1.165) is 0 Å². The van der Waals surface area contributed by atoms with Crippen molar-refractivity contribution in [2.75, 3.05) is 0 Å². The number of nitrogens with two attached hydrogens (primary N) is 1. The molecule has 0 amide bonds. The molecule has 5 nitrogen and oxygen atoms in total. The molecule has 0 saturated heterocycles. The van der Waals surface area contributed by atoms with Gasteiger partial charge < -0.3 is 15.8 Å². The Kier molecular flexibility index (Phi) is 2.86. The standard InChI is InChI=1S/C10H17N3O2/c1-5(2)6-7(14)12-9(10(3,4)11)13-8(6)15/h5H,11H2,1-4H3,(H2,12,13,14,15). The number of aromatic hydroxyl groups is 1. The summed E-state index contributed by atoms with van der Waals surface area (Å²) in [6.45, 7) is 7.05. The average Bonchev–Trinajstić information content (AvgIpc) is 1.99. The molecule has 1 heterocycles. The Hall–Kier alpha value is -1.36. The van der Waals surface area contributed by atoms with Crippen molar-refractivity contribution in [2.45, 2.75) is 39.2 Å². The van der Waals surface area contributed by atoms with Crippen LogP contribution in [0.15, 0.2) is 4.79 Å². The lowest BCUT2D eigenvalue weighted by molar-refractivity contribution is 0.419. The molecular formula is C10H17N3O2. The van der Waals surface area contributed by atoms with Gasteiger partial charge in [0.2, 0.25) is 5.88 Å². The Morgan fingerprint density at radius 2 is 2.00 bits per heavy atom. The highest BCUT2D eigenvalue weighted by molar-refractivity contribution is 5.26. The summed E-state index contributed by atoms with van der Waals surface area (Å²) in [6.07, 6.45) is 0. The zero-order valence-electron chi connectivity index (χ0n) is 9.46. The zero-order valence-corrected chi connectivity index (χ0v) is 9.46. The molecule has 15 heavy (non-hydrogen) atoms. The Bertz CT molecular complexity index is 416. The van der Waals surface area contributed by atoms with E-state index in [1.807, 2.05) is 13.8 Å². The SMILES string of the molecule is CC(C)c1c(O)nc(C(C)(C)N)[nH]c1=O. The number of rotatable bonds is 2. The van der Waals surface area contributed by atoms with E-state index >= 15 is 0 Å². The molecule has 0 aromatic carbocycles. The van der Waals surface area contributed by atoms with E-state index in [-0.39, 0.29) is 23.2 Å². The topological polar surface area (TPSA) is 92.0 Å². The first-order valence-corrected chi connectivity index (χ1v) is 4.86. The summed E-state index contributed by atoms with van der Waals surface area (Å²) in [5.74, 6) is -0.0205. The maximum atomic E-state index is 11.6. The molecule has 1 rings (SSSR count). The van der Waals surface area contributed by atoms with Gasteiger partial charge in [-0.25, -0.2) is 0 Å². The summed E-state index contributed by atoms with van der Waals surface area (Å²) >= 11 is 0. The van der Waals surface area contributed by atoms with Crippen LogP contribution in [0.2, 0.25) is 0 Å². The number of aromatic amines is 1. The molecule has 0 radical (unpaired) electrons. The molecular weight excluding hydrogens is 194 g/mol. The Balaban J connectivity index is 3.39. The summed E-state index contributed by atoms with van der Waals surface area (Å²) in [7, 11) is 0. The van der Waals surface area contributed by atoms with Crippen molar-refractivity contribution >= 4 is 0 Å². The average molecular weight is 211 g/mol. The predicted octanol–water partition coefficient (Wildman–Crippen LogP) is 0.793. The van der Waals surface area contributed by atoms with Crippen molar-refractivity contribution in [1.29, 1.82) is 0 Å². The molecule has 4 N–H and O–H groups in total. The predicted molar refractivity (Wildman–Crippen MR) is 57.8 cm³/mol. The fourth-order valence-electron chi connectivity index (χ4n) is 1.30. The van der Waals surface area contributed by atoms with Gasteiger partial charge in [-0.1, -0.05) is 13.8 Å². The van der Waals surface area contributed by atoms with E-state index in [4.69, 9.17) is 5.73 Å². The van der Waals surface area contributed by atoms with Gasteiger partial charge in [-0.05, 0) is 19.8 Å². The van der Waals surface area contributed by atoms with Gasteiger partial charge in [-0.3, -0.25) is 4.79 Å². The largest absolute Gasteiger partial charge is 0.493 e. The van der Waals surface area contributed by atoms with Crippen molar-refractivity contribution in [3.63, 3.8) is 0 Å². The van der Waals surface area contributed by atoms with E-state index in [2.05, 4.69) is 9.97 Å². The van der Waals surface area contributed by atoms with E-state index in [1.54, 1.807) is 13.8 Å². The van der Waals surface area contributed by atoms with Crippen LogP contribution < -0.4 is 11.3 Å². The molecule has 0 atom stereocenters. The molecule has 1 aromatic rings. The van der Waals surface area contributed by atoms with Gasteiger partial charge in [0.25, 0.3) is 5.56 Å². The van der Waals surface area contributed by atoms with E-state index in [1.165, 1.54) is 0 Å². The smallest absolute Gasteiger partial charge is 0.258 e. The molecule has 84 valence electrons. The summed E-state index contributed by atoms with van der Waals surface area (Å²) < 4.78 is 0. The van der Waals surface area contributed by atoms with Crippen molar-refractivity contribution in [2.24, 2.45) is 5.73 Å².